The highest BCUT2D eigenvalue weighted by Crippen LogP contribution is 2.34. The van der Waals surface area contributed by atoms with Crippen LogP contribution < -0.4 is 11.1 Å². The summed E-state index contributed by atoms with van der Waals surface area (Å²) in [5.41, 5.74) is 10.1. The summed E-state index contributed by atoms with van der Waals surface area (Å²) in [6.07, 6.45) is 0.856. The molecule has 2 amide bonds. The smallest absolute Gasteiger partial charge is 0.289 e. The number of nitrogens with two attached hydrogens (primary N) is 1. The molecular weight excluding hydrogens is 462 g/mol. The van der Waals surface area contributed by atoms with Crippen molar-refractivity contribution in [3.8, 4) is 0 Å². The van der Waals surface area contributed by atoms with Crippen molar-refractivity contribution in [1.82, 2.24) is 24.8 Å². The molecule has 0 spiro atoms. The largest absolute Gasteiger partial charge is 0.366 e. The van der Waals surface area contributed by atoms with E-state index in [1.165, 1.54) is 11.3 Å². The van der Waals surface area contributed by atoms with Crippen LogP contribution in [0.4, 0.5) is 10.8 Å². The molecule has 9 nitrogen and oxygen atoms in total. The zero-order valence-electron chi connectivity index (χ0n) is 20.1. The number of primary amides is 1. The van der Waals surface area contributed by atoms with Gasteiger partial charge in [-0.2, -0.15) is 0 Å². The topological polar surface area (TPSA) is 120 Å². The first-order valence-corrected chi connectivity index (χ1v) is 12.6. The van der Waals surface area contributed by atoms with Crippen molar-refractivity contribution in [2.45, 2.75) is 20.3 Å². The zero-order chi connectivity index (χ0) is 24.7. The molecule has 1 fully saturated rings. The fraction of sp³-hybridized carbons (Fsp3) is 0.360. The number of fused-ring (bicyclic) bond motifs is 3. The van der Waals surface area contributed by atoms with Gasteiger partial charge in [-0.25, -0.2) is 9.97 Å². The lowest BCUT2D eigenvalue weighted by molar-refractivity contribution is 0.0653. The third-order valence-electron chi connectivity index (χ3n) is 6.27. The van der Waals surface area contributed by atoms with Crippen molar-refractivity contribution < 1.29 is 9.59 Å². The Hall–Kier alpha value is -3.50. The number of imidazole rings is 1. The van der Waals surface area contributed by atoms with E-state index >= 15 is 0 Å². The number of hydrogen-bond acceptors (Lipinski definition) is 7. The predicted octanol–water partition coefficient (Wildman–Crippen LogP) is 3.60. The van der Waals surface area contributed by atoms with Gasteiger partial charge in [0.15, 0.2) is 11.0 Å². The molecule has 182 valence electrons. The molecule has 0 atom stereocenters. The fourth-order valence-electron chi connectivity index (χ4n) is 4.36. The van der Waals surface area contributed by atoms with Crippen LogP contribution >= 0.6 is 11.3 Å². The number of aromatic amines is 1. The molecule has 4 N–H and O–H groups in total. The number of benzene rings is 2. The number of amides is 2. The van der Waals surface area contributed by atoms with Crippen LogP contribution in [0.5, 0.6) is 0 Å². The molecule has 3 heterocycles. The van der Waals surface area contributed by atoms with Gasteiger partial charge in [0.25, 0.3) is 5.91 Å². The van der Waals surface area contributed by atoms with Gasteiger partial charge >= 0.3 is 0 Å². The van der Waals surface area contributed by atoms with Gasteiger partial charge < -0.3 is 25.8 Å². The summed E-state index contributed by atoms with van der Waals surface area (Å²) in [5, 5.41) is 4.09. The van der Waals surface area contributed by atoms with Crippen LogP contribution in [0.2, 0.25) is 0 Å². The van der Waals surface area contributed by atoms with Crippen molar-refractivity contribution in [2.24, 2.45) is 11.7 Å². The van der Waals surface area contributed by atoms with Crippen LogP contribution in [-0.2, 0) is 6.42 Å². The summed E-state index contributed by atoms with van der Waals surface area (Å²) >= 11 is 1.51. The number of aromatic nitrogens is 3. The van der Waals surface area contributed by atoms with E-state index in [1.54, 1.807) is 12.1 Å². The van der Waals surface area contributed by atoms with Crippen molar-refractivity contribution in [1.29, 1.82) is 0 Å². The Morgan fingerprint density at radius 1 is 1.14 bits per heavy atom. The monoisotopic (exact) mass is 491 g/mol. The Morgan fingerprint density at radius 2 is 1.91 bits per heavy atom. The predicted molar refractivity (Wildman–Crippen MR) is 139 cm³/mol. The lowest BCUT2D eigenvalue weighted by Crippen LogP contribution is -2.47. The third-order valence-corrected chi connectivity index (χ3v) is 7.21. The van der Waals surface area contributed by atoms with Gasteiger partial charge in [-0.1, -0.05) is 31.3 Å². The molecule has 0 aliphatic carbocycles. The minimum absolute atomic E-state index is 0.0855. The summed E-state index contributed by atoms with van der Waals surface area (Å²) in [6, 6.07) is 9.37. The van der Waals surface area contributed by atoms with Gasteiger partial charge in [-0.15, -0.1) is 0 Å². The number of rotatable bonds is 6. The van der Waals surface area contributed by atoms with E-state index in [2.05, 4.69) is 41.1 Å². The third kappa shape index (κ3) is 4.71. The number of piperazine rings is 1. The molecule has 1 saturated heterocycles. The minimum Gasteiger partial charge on any atom is -0.366 e. The quantitative estimate of drug-likeness (QED) is 0.379. The maximum absolute atomic E-state index is 13.0. The van der Waals surface area contributed by atoms with Gasteiger partial charge in [0.05, 0.1) is 15.7 Å². The van der Waals surface area contributed by atoms with E-state index in [9.17, 15) is 9.59 Å². The molecule has 0 saturated carbocycles. The molecule has 2 aromatic heterocycles. The SMILES string of the molecule is CC(C)Cc1ccc(C(N)=O)cc1Nc1nc2c(ccc3nc(C(=O)N4CCN(C)CC4)[nH]c32)s1. The van der Waals surface area contributed by atoms with Gasteiger partial charge in [-0.3, -0.25) is 9.59 Å². The molecule has 1 aliphatic heterocycles. The van der Waals surface area contributed by atoms with E-state index in [0.717, 1.165) is 46.5 Å². The van der Waals surface area contributed by atoms with Gasteiger partial charge in [0, 0.05) is 37.4 Å². The lowest BCUT2D eigenvalue weighted by atomic mass is 9.99. The highest BCUT2D eigenvalue weighted by atomic mass is 32.1. The second-order valence-electron chi connectivity index (χ2n) is 9.47. The Bertz CT molecular complexity index is 1420. The number of H-pyrrole nitrogens is 1. The molecule has 35 heavy (non-hydrogen) atoms. The van der Waals surface area contributed by atoms with E-state index in [0.29, 0.717) is 41.0 Å². The number of thiazole rings is 1. The number of carbonyl (C=O) groups excluding carboxylic acids is 2. The summed E-state index contributed by atoms with van der Waals surface area (Å²) in [7, 11) is 2.06. The fourth-order valence-corrected chi connectivity index (χ4v) is 5.25. The van der Waals surface area contributed by atoms with Crippen LogP contribution in [0, 0.1) is 5.92 Å². The molecular formula is C25H29N7O2S. The molecule has 5 rings (SSSR count). The van der Waals surface area contributed by atoms with Gasteiger partial charge in [0.1, 0.15) is 5.52 Å². The number of likely N-dealkylation sites (N-methyl/N-ethyl adjacent to an activating group) is 1. The van der Waals surface area contributed by atoms with E-state index in [1.807, 2.05) is 23.1 Å². The van der Waals surface area contributed by atoms with Gasteiger partial charge in [0.2, 0.25) is 5.91 Å². The molecule has 0 bridgehead atoms. The molecule has 10 heteroatoms. The van der Waals surface area contributed by atoms with E-state index in [-0.39, 0.29) is 5.91 Å². The average Bonchev–Trinajstić information content (AvgIpc) is 3.43. The van der Waals surface area contributed by atoms with Crippen LogP contribution in [-0.4, -0.2) is 69.8 Å². The number of nitrogens with one attached hydrogen (secondary N) is 2. The Morgan fingerprint density at radius 3 is 2.63 bits per heavy atom. The molecule has 0 radical (unpaired) electrons. The van der Waals surface area contributed by atoms with Crippen LogP contribution in [0.25, 0.3) is 21.3 Å². The summed E-state index contributed by atoms with van der Waals surface area (Å²) < 4.78 is 0.971. The molecule has 1 aliphatic rings. The number of anilines is 2. The van der Waals surface area contributed by atoms with Crippen molar-refractivity contribution >= 4 is 55.2 Å². The van der Waals surface area contributed by atoms with Crippen molar-refractivity contribution in [2.75, 3.05) is 38.5 Å². The van der Waals surface area contributed by atoms with Crippen LogP contribution in [0.1, 0.15) is 40.4 Å². The Balaban J connectivity index is 1.47. The summed E-state index contributed by atoms with van der Waals surface area (Å²) in [6.45, 7) is 7.39. The average molecular weight is 492 g/mol. The zero-order valence-corrected chi connectivity index (χ0v) is 20.9. The van der Waals surface area contributed by atoms with E-state index < -0.39 is 5.91 Å². The second kappa shape index (κ2) is 9.27. The minimum atomic E-state index is -0.467. The first kappa shape index (κ1) is 23.3. The first-order valence-electron chi connectivity index (χ1n) is 11.8. The lowest BCUT2D eigenvalue weighted by Gasteiger charge is -2.31. The van der Waals surface area contributed by atoms with Crippen molar-refractivity contribution in [3.63, 3.8) is 0 Å². The standard InChI is InChI=1S/C25H29N7O2S/c1-14(2)12-15-4-5-16(22(26)33)13-18(15)28-25-30-21-19(35-25)7-6-17-20(21)29-23(27-17)24(34)32-10-8-31(3)9-11-32/h4-7,13-14H,8-12H2,1-3H3,(H2,26,33)(H,27,29)(H,28,30). The Kier molecular flexibility index (Phi) is 6.16. The number of hydrogen-bond donors (Lipinski definition) is 3. The molecule has 0 unspecified atom stereocenters. The Labute approximate surface area is 207 Å². The van der Waals surface area contributed by atoms with Gasteiger partial charge in [-0.05, 0) is 49.2 Å². The first-order chi connectivity index (χ1) is 16.8. The number of carbonyl (C=O) groups is 2. The second-order valence-corrected chi connectivity index (χ2v) is 10.5. The highest BCUT2D eigenvalue weighted by Gasteiger charge is 2.24. The maximum Gasteiger partial charge on any atom is 0.289 e. The molecule has 4 aromatic rings. The normalized spacial score (nSPS) is 14.8. The van der Waals surface area contributed by atoms with Crippen LogP contribution in [0.3, 0.4) is 0 Å². The van der Waals surface area contributed by atoms with E-state index in [4.69, 9.17) is 10.7 Å². The maximum atomic E-state index is 13.0. The highest BCUT2D eigenvalue weighted by molar-refractivity contribution is 7.22. The summed E-state index contributed by atoms with van der Waals surface area (Å²) in [4.78, 5) is 41.4. The summed E-state index contributed by atoms with van der Waals surface area (Å²) in [5.74, 6) is 0.238. The molecule has 2 aromatic carbocycles. The van der Waals surface area contributed by atoms with Crippen LogP contribution in [0.15, 0.2) is 30.3 Å². The van der Waals surface area contributed by atoms with Crippen molar-refractivity contribution in [3.05, 3.63) is 47.3 Å². The number of nitrogens with zero attached hydrogens (tertiary/aromatic N) is 4.